The molecule has 0 spiro atoms. The van der Waals surface area contributed by atoms with Gasteiger partial charge >= 0.3 is 5.69 Å². The van der Waals surface area contributed by atoms with Gasteiger partial charge < -0.3 is 10.6 Å². The van der Waals surface area contributed by atoms with Crippen LogP contribution in [0.3, 0.4) is 0 Å². The zero-order valence-electron chi connectivity index (χ0n) is 10.5. The SMILES string of the molecule is CN(c1cccc(C#N)c1)c1nc(N)ncc1[N+](=O)[O-]. The van der Waals surface area contributed by atoms with Crippen molar-refractivity contribution in [3.63, 3.8) is 0 Å². The highest BCUT2D eigenvalue weighted by molar-refractivity contribution is 5.68. The van der Waals surface area contributed by atoms with Gasteiger partial charge in [-0.05, 0) is 18.2 Å². The van der Waals surface area contributed by atoms with E-state index in [-0.39, 0.29) is 17.5 Å². The molecule has 100 valence electrons. The van der Waals surface area contributed by atoms with E-state index in [0.29, 0.717) is 11.3 Å². The van der Waals surface area contributed by atoms with Gasteiger partial charge in [0.15, 0.2) is 0 Å². The maximum absolute atomic E-state index is 11.0. The number of nitro groups is 1. The molecular weight excluding hydrogens is 260 g/mol. The van der Waals surface area contributed by atoms with Gasteiger partial charge in [0, 0.05) is 12.7 Å². The number of nitrogens with two attached hydrogens (primary N) is 1. The zero-order valence-corrected chi connectivity index (χ0v) is 10.5. The minimum atomic E-state index is -0.584. The lowest BCUT2D eigenvalue weighted by molar-refractivity contribution is -0.384. The van der Waals surface area contributed by atoms with Gasteiger partial charge in [-0.15, -0.1) is 0 Å². The predicted molar refractivity (Wildman–Crippen MR) is 72.3 cm³/mol. The van der Waals surface area contributed by atoms with Crippen LogP contribution in [0.5, 0.6) is 0 Å². The average Bonchev–Trinajstić information content (AvgIpc) is 2.46. The number of anilines is 3. The summed E-state index contributed by atoms with van der Waals surface area (Å²) in [5, 5.41) is 19.9. The van der Waals surface area contributed by atoms with Crippen molar-refractivity contribution in [3.05, 3.63) is 46.1 Å². The van der Waals surface area contributed by atoms with Crippen molar-refractivity contribution in [3.8, 4) is 6.07 Å². The largest absolute Gasteiger partial charge is 0.368 e. The summed E-state index contributed by atoms with van der Waals surface area (Å²) in [6.45, 7) is 0. The van der Waals surface area contributed by atoms with Gasteiger partial charge in [0.1, 0.15) is 6.20 Å². The van der Waals surface area contributed by atoms with Crippen molar-refractivity contribution in [2.45, 2.75) is 0 Å². The van der Waals surface area contributed by atoms with Crippen LogP contribution in [0.15, 0.2) is 30.5 Å². The van der Waals surface area contributed by atoms with Gasteiger partial charge in [0.2, 0.25) is 11.8 Å². The second-order valence-corrected chi connectivity index (χ2v) is 3.92. The average molecular weight is 270 g/mol. The molecular formula is C12H10N6O2. The molecule has 0 fully saturated rings. The highest BCUT2D eigenvalue weighted by Crippen LogP contribution is 2.30. The molecule has 0 saturated carbocycles. The summed E-state index contributed by atoms with van der Waals surface area (Å²) in [6, 6.07) is 8.64. The maximum Gasteiger partial charge on any atom is 0.330 e. The number of benzene rings is 1. The Labute approximate surface area is 114 Å². The molecule has 2 rings (SSSR count). The Morgan fingerprint density at radius 3 is 2.90 bits per heavy atom. The van der Waals surface area contributed by atoms with E-state index in [1.807, 2.05) is 6.07 Å². The predicted octanol–water partition coefficient (Wildman–Crippen LogP) is 1.61. The molecule has 0 amide bonds. The molecule has 0 aliphatic carbocycles. The molecule has 0 bridgehead atoms. The Bertz CT molecular complexity index is 709. The summed E-state index contributed by atoms with van der Waals surface area (Å²) >= 11 is 0. The third-order valence-corrected chi connectivity index (χ3v) is 2.65. The lowest BCUT2D eigenvalue weighted by Crippen LogP contribution is -2.15. The minimum Gasteiger partial charge on any atom is -0.368 e. The van der Waals surface area contributed by atoms with E-state index in [1.165, 1.54) is 4.90 Å². The standard InChI is InChI=1S/C12H10N6O2/c1-17(9-4-2-3-8(5-9)6-13)11-10(18(19)20)7-15-12(14)16-11/h2-5,7H,1H3,(H2,14,15,16). The van der Waals surface area contributed by atoms with Gasteiger partial charge in [-0.25, -0.2) is 4.98 Å². The molecule has 1 heterocycles. The molecule has 1 aromatic heterocycles. The Morgan fingerprint density at radius 1 is 1.50 bits per heavy atom. The zero-order chi connectivity index (χ0) is 14.7. The number of nitrogen functional groups attached to an aromatic ring is 1. The Morgan fingerprint density at radius 2 is 2.25 bits per heavy atom. The molecule has 0 atom stereocenters. The van der Waals surface area contributed by atoms with Crippen LogP contribution in [0, 0.1) is 21.4 Å². The van der Waals surface area contributed by atoms with E-state index in [9.17, 15) is 10.1 Å². The van der Waals surface area contributed by atoms with E-state index in [0.717, 1.165) is 6.20 Å². The summed E-state index contributed by atoms with van der Waals surface area (Å²) in [5.74, 6) is 0.00600. The first-order chi connectivity index (χ1) is 9.52. The highest BCUT2D eigenvalue weighted by atomic mass is 16.6. The first-order valence-corrected chi connectivity index (χ1v) is 5.53. The molecule has 0 aliphatic heterocycles. The molecule has 8 heteroatoms. The summed E-state index contributed by atoms with van der Waals surface area (Å²) in [5.41, 5.74) is 6.25. The van der Waals surface area contributed by atoms with Gasteiger partial charge in [-0.3, -0.25) is 10.1 Å². The van der Waals surface area contributed by atoms with Crippen LogP contribution in [-0.2, 0) is 0 Å². The monoisotopic (exact) mass is 270 g/mol. The highest BCUT2D eigenvalue weighted by Gasteiger charge is 2.21. The van der Waals surface area contributed by atoms with Crippen LogP contribution < -0.4 is 10.6 Å². The van der Waals surface area contributed by atoms with Crippen molar-refractivity contribution < 1.29 is 4.92 Å². The van der Waals surface area contributed by atoms with Crippen molar-refractivity contribution in [1.29, 1.82) is 5.26 Å². The first kappa shape index (κ1) is 13.2. The van der Waals surface area contributed by atoms with Crippen LogP contribution in [0.4, 0.5) is 23.1 Å². The first-order valence-electron chi connectivity index (χ1n) is 5.53. The lowest BCUT2D eigenvalue weighted by Gasteiger charge is -2.18. The number of nitrogens with zero attached hydrogens (tertiary/aromatic N) is 5. The van der Waals surface area contributed by atoms with Crippen LogP contribution in [0.1, 0.15) is 5.56 Å². The third-order valence-electron chi connectivity index (χ3n) is 2.65. The van der Waals surface area contributed by atoms with Crippen LogP contribution in [0.2, 0.25) is 0 Å². The molecule has 2 N–H and O–H groups in total. The fraction of sp³-hybridized carbons (Fsp3) is 0.0833. The molecule has 0 unspecified atom stereocenters. The van der Waals surface area contributed by atoms with Gasteiger partial charge in [0.05, 0.1) is 16.6 Å². The van der Waals surface area contributed by atoms with E-state index >= 15 is 0 Å². The topological polar surface area (TPSA) is 122 Å². The molecule has 0 aliphatic rings. The van der Waals surface area contributed by atoms with Crippen LogP contribution in [0.25, 0.3) is 0 Å². The van der Waals surface area contributed by atoms with E-state index in [2.05, 4.69) is 9.97 Å². The fourth-order valence-corrected chi connectivity index (χ4v) is 1.66. The summed E-state index contributed by atoms with van der Waals surface area (Å²) in [7, 11) is 1.60. The number of aromatic nitrogens is 2. The molecule has 2 aromatic rings. The third kappa shape index (κ3) is 2.46. The minimum absolute atomic E-state index is 0.0612. The second-order valence-electron chi connectivity index (χ2n) is 3.92. The number of hydrogen-bond donors (Lipinski definition) is 1. The maximum atomic E-state index is 11.0. The fourth-order valence-electron chi connectivity index (χ4n) is 1.66. The lowest BCUT2D eigenvalue weighted by atomic mass is 10.2. The Hall–Kier alpha value is -3.21. The summed E-state index contributed by atoms with van der Waals surface area (Å²) in [6.07, 6.45) is 1.06. The number of nitriles is 1. The molecule has 20 heavy (non-hydrogen) atoms. The van der Waals surface area contributed by atoms with Crippen LogP contribution >= 0.6 is 0 Å². The van der Waals surface area contributed by atoms with Crippen molar-refractivity contribution in [2.24, 2.45) is 0 Å². The Kier molecular flexibility index (Phi) is 3.43. The van der Waals surface area contributed by atoms with E-state index < -0.39 is 4.92 Å². The summed E-state index contributed by atoms with van der Waals surface area (Å²) in [4.78, 5) is 19.4. The smallest absolute Gasteiger partial charge is 0.330 e. The van der Waals surface area contributed by atoms with Crippen molar-refractivity contribution in [2.75, 3.05) is 17.7 Å². The van der Waals surface area contributed by atoms with Gasteiger partial charge in [0.25, 0.3) is 0 Å². The van der Waals surface area contributed by atoms with Crippen LogP contribution in [-0.4, -0.2) is 21.9 Å². The van der Waals surface area contributed by atoms with Gasteiger partial charge in [-0.1, -0.05) is 6.07 Å². The quantitative estimate of drug-likeness (QED) is 0.663. The summed E-state index contributed by atoms with van der Waals surface area (Å²) < 4.78 is 0. The number of hydrogen-bond acceptors (Lipinski definition) is 7. The van der Waals surface area contributed by atoms with Crippen molar-refractivity contribution in [1.82, 2.24) is 9.97 Å². The molecule has 8 nitrogen and oxygen atoms in total. The second kappa shape index (κ2) is 5.19. The Balaban J connectivity index is 2.52. The van der Waals surface area contributed by atoms with Gasteiger partial charge in [-0.2, -0.15) is 10.2 Å². The molecule has 1 aromatic carbocycles. The molecule has 0 saturated heterocycles. The van der Waals surface area contributed by atoms with E-state index in [1.54, 1.807) is 31.3 Å². The normalized spacial score (nSPS) is 9.80. The molecule has 0 radical (unpaired) electrons. The van der Waals surface area contributed by atoms with E-state index in [4.69, 9.17) is 11.0 Å². The number of rotatable bonds is 3. The van der Waals surface area contributed by atoms with Crippen molar-refractivity contribution >= 4 is 23.1 Å².